The summed E-state index contributed by atoms with van der Waals surface area (Å²) in [6.45, 7) is 1.92. The molecule has 0 bridgehead atoms. The van der Waals surface area contributed by atoms with E-state index in [2.05, 4.69) is 10.1 Å². The van der Waals surface area contributed by atoms with Gasteiger partial charge in [-0.1, -0.05) is 35.8 Å². The number of benzene rings is 1. The molecule has 0 saturated heterocycles. The molecule has 1 aromatic heterocycles. The van der Waals surface area contributed by atoms with Crippen LogP contribution in [0.3, 0.4) is 0 Å². The molecule has 6 heteroatoms. The van der Waals surface area contributed by atoms with Gasteiger partial charge in [-0.25, -0.2) is 4.39 Å². The predicted octanol–water partition coefficient (Wildman–Crippen LogP) is 2.86. The minimum absolute atomic E-state index is 0.0847. The van der Waals surface area contributed by atoms with E-state index < -0.39 is 5.82 Å². The van der Waals surface area contributed by atoms with E-state index in [1.807, 2.05) is 6.92 Å². The molecular weight excluding hydrogens is 257 g/mol. The second-order valence-electron chi connectivity index (χ2n) is 3.95. The Hall–Kier alpha value is -1.46. The number of rotatable bonds is 4. The Bertz CT molecular complexity index is 544. The Morgan fingerprint density at radius 3 is 3.00 bits per heavy atom. The molecule has 18 heavy (non-hydrogen) atoms. The number of nitrogens with zero attached hydrogens (tertiary/aromatic N) is 2. The predicted molar refractivity (Wildman–Crippen MR) is 65.7 cm³/mol. The summed E-state index contributed by atoms with van der Waals surface area (Å²) < 4.78 is 18.7. The maximum atomic E-state index is 13.7. The van der Waals surface area contributed by atoms with E-state index in [1.54, 1.807) is 12.1 Å². The van der Waals surface area contributed by atoms with E-state index in [4.69, 9.17) is 21.9 Å². The zero-order chi connectivity index (χ0) is 13.1. The van der Waals surface area contributed by atoms with E-state index >= 15 is 0 Å². The lowest BCUT2D eigenvalue weighted by Gasteiger charge is -2.01. The smallest absolute Gasteiger partial charge is 0.243 e. The average Bonchev–Trinajstić information content (AvgIpc) is 2.82. The van der Waals surface area contributed by atoms with Crippen LogP contribution in [0, 0.1) is 5.82 Å². The van der Waals surface area contributed by atoms with Crippen LogP contribution in [0.4, 0.5) is 4.39 Å². The van der Waals surface area contributed by atoms with Crippen molar-refractivity contribution in [2.24, 2.45) is 5.73 Å². The Balaban J connectivity index is 2.19. The maximum absolute atomic E-state index is 13.7. The third-order valence-corrected chi connectivity index (χ3v) is 2.91. The maximum Gasteiger partial charge on any atom is 0.243 e. The van der Waals surface area contributed by atoms with Crippen molar-refractivity contribution < 1.29 is 8.91 Å². The second-order valence-corrected chi connectivity index (χ2v) is 4.36. The minimum atomic E-state index is -0.453. The van der Waals surface area contributed by atoms with Crippen molar-refractivity contribution in [3.05, 3.63) is 46.3 Å². The van der Waals surface area contributed by atoms with Crippen LogP contribution in [0.25, 0.3) is 0 Å². The standard InChI is InChI=1S/C12H13ClFN3O/c1-2-9(15)12-16-10(17-18-12)6-7-4-3-5-8(13)11(7)14/h3-5,9H,2,6,15H2,1H3/t9-/m1/s1. The number of halogens is 2. The van der Waals surface area contributed by atoms with Gasteiger partial charge < -0.3 is 10.3 Å². The fraction of sp³-hybridized carbons (Fsp3) is 0.333. The molecule has 0 spiro atoms. The zero-order valence-corrected chi connectivity index (χ0v) is 10.6. The SMILES string of the molecule is CC[C@@H](N)c1nc(Cc2cccc(Cl)c2F)no1. The normalized spacial score (nSPS) is 12.7. The largest absolute Gasteiger partial charge is 0.338 e. The fourth-order valence-electron chi connectivity index (χ4n) is 1.52. The van der Waals surface area contributed by atoms with Crippen molar-refractivity contribution in [2.75, 3.05) is 0 Å². The number of hydrogen-bond donors (Lipinski definition) is 1. The third-order valence-electron chi connectivity index (χ3n) is 2.62. The van der Waals surface area contributed by atoms with Crippen LogP contribution in [-0.2, 0) is 6.42 Å². The first-order valence-electron chi connectivity index (χ1n) is 5.62. The first-order valence-corrected chi connectivity index (χ1v) is 6.00. The molecule has 1 atom stereocenters. The highest BCUT2D eigenvalue weighted by atomic mass is 35.5. The van der Waals surface area contributed by atoms with Gasteiger partial charge in [-0.15, -0.1) is 0 Å². The monoisotopic (exact) mass is 269 g/mol. The van der Waals surface area contributed by atoms with Gasteiger partial charge in [0.1, 0.15) is 5.82 Å². The van der Waals surface area contributed by atoms with Crippen LogP contribution < -0.4 is 5.73 Å². The summed E-state index contributed by atoms with van der Waals surface area (Å²) >= 11 is 5.70. The third kappa shape index (κ3) is 2.68. The van der Waals surface area contributed by atoms with Crippen LogP contribution in [0.5, 0.6) is 0 Å². The Morgan fingerprint density at radius 1 is 1.50 bits per heavy atom. The molecule has 96 valence electrons. The van der Waals surface area contributed by atoms with Gasteiger partial charge in [0.25, 0.3) is 0 Å². The highest BCUT2D eigenvalue weighted by Gasteiger charge is 2.15. The molecule has 1 aromatic carbocycles. The van der Waals surface area contributed by atoms with Crippen molar-refractivity contribution in [2.45, 2.75) is 25.8 Å². The van der Waals surface area contributed by atoms with Crippen molar-refractivity contribution in [3.8, 4) is 0 Å². The molecule has 2 N–H and O–H groups in total. The molecule has 0 aliphatic rings. The van der Waals surface area contributed by atoms with Crippen molar-refractivity contribution in [3.63, 3.8) is 0 Å². The van der Waals surface area contributed by atoms with Crippen molar-refractivity contribution >= 4 is 11.6 Å². The quantitative estimate of drug-likeness (QED) is 0.927. The lowest BCUT2D eigenvalue weighted by Crippen LogP contribution is -2.09. The Kier molecular flexibility index (Phi) is 3.93. The van der Waals surface area contributed by atoms with E-state index in [1.165, 1.54) is 6.07 Å². The Labute approximate surface area is 109 Å². The molecular formula is C12H13ClFN3O. The molecule has 2 aromatic rings. The summed E-state index contributed by atoms with van der Waals surface area (Å²) in [7, 11) is 0. The van der Waals surface area contributed by atoms with Crippen LogP contribution in [-0.4, -0.2) is 10.1 Å². The van der Waals surface area contributed by atoms with Crippen LogP contribution >= 0.6 is 11.6 Å². The molecule has 0 fully saturated rings. The highest BCUT2D eigenvalue weighted by molar-refractivity contribution is 6.30. The zero-order valence-electron chi connectivity index (χ0n) is 9.86. The van der Waals surface area contributed by atoms with Crippen LogP contribution in [0.2, 0.25) is 5.02 Å². The summed E-state index contributed by atoms with van der Waals surface area (Å²) in [5, 5.41) is 3.86. The van der Waals surface area contributed by atoms with Gasteiger partial charge in [-0.3, -0.25) is 0 Å². The topological polar surface area (TPSA) is 64.9 Å². The first-order chi connectivity index (χ1) is 8.61. The summed E-state index contributed by atoms with van der Waals surface area (Å²) in [5.41, 5.74) is 6.19. The van der Waals surface area contributed by atoms with Crippen LogP contribution in [0.1, 0.15) is 36.7 Å². The van der Waals surface area contributed by atoms with Gasteiger partial charge in [0.05, 0.1) is 11.1 Å². The summed E-state index contributed by atoms with van der Waals surface area (Å²) in [6, 6.07) is 4.53. The molecule has 0 amide bonds. The molecule has 0 saturated carbocycles. The molecule has 0 aliphatic carbocycles. The molecule has 4 nitrogen and oxygen atoms in total. The van der Waals surface area contributed by atoms with Crippen molar-refractivity contribution in [1.29, 1.82) is 0 Å². The van der Waals surface area contributed by atoms with Crippen LogP contribution in [0.15, 0.2) is 22.7 Å². The van der Waals surface area contributed by atoms with E-state index in [9.17, 15) is 4.39 Å². The molecule has 0 radical (unpaired) electrons. The minimum Gasteiger partial charge on any atom is -0.338 e. The van der Waals surface area contributed by atoms with Gasteiger partial charge in [0.15, 0.2) is 5.82 Å². The molecule has 0 unspecified atom stereocenters. The Morgan fingerprint density at radius 2 is 2.28 bits per heavy atom. The summed E-state index contributed by atoms with van der Waals surface area (Å²) in [5.74, 6) is 0.315. The lowest BCUT2D eigenvalue weighted by atomic mass is 10.1. The number of aromatic nitrogens is 2. The number of hydrogen-bond acceptors (Lipinski definition) is 4. The summed E-state index contributed by atoms with van der Waals surface area (Å²) in [4.78, 5) is 4.13. The van der Waals surface area contributed by atoms with Gasteiger partial charge >= 0.3 is 0 Å². The second kappa shape index (κ2) is 5.46. The molecule has 2 rings (SSSR count). The van der Waals surface area contributed by atoms with Crippen molar-refractivity contribution in [1.82, 2.24) is 10.1 Å². The van der Waals surface area contributed by atoms with E-state index in [0.29, 0.717) is 23.7 Å². The first kappa shape index (κ1) is 13.0. The fourth-order valence-corrected chi connectivity index (χ4v) is 1.71. The van der Waals surface area contributed by atoms with Gasteiger partial charge in [0.2, 0.25) is 5.89 Å². The highest BCUT2D eigenvalue weighted by Crippen LogP contribution is 2.20. The van der Waals surface area contributed by atoms with E-state index in [0.717, 1.165) is 0 Å². The molecule has 0 aliphatic heterocycles. The van der Waals surface area contributed by atoms with Gasteiger partial charge in [-0.05, 0) is 18.1 Å². The average molecular weight is 270 g/mol. The van der Waals surface area contributed by atoms with Gasteiger partial charge in [0, 0.05) is 6.42 Å². The van der Waals surface area contributed by atoms with Gasteiger partial charge in [-0.2, -0.15) is 4.98 Å². The number of nitrogens with two attached hydrogens (primary N) is 1. The van der Waals surface area contributed by atoms with E-state index in [-0.39, 0.29) is 17.5 Å². The lowest BCUT2D eigenvalue weighted by molar-refractivity contribution is 0.348. The summed E-state index contributed by atoms with van der Waals surface area (Å²) in [6.07, 6.45) is 0.930. The molecule has 1 heterocycles.